The Bertz CT molecular complexity index is 1340. The fraction of sp³-hybridized carbons (Fsp3) is 0.167. The van der Waals surface area contributed by atoms with E-state index in [4.69, 9.17) is 46.5 Å². The number of hydrogen-bond acceptors (Lipinski definition) is 8. The molecule has 1 amide bonds. The number of nitrogens with two attached hydrogens (primary N) is 1. The van der Waals surface area contributed by atoms with Crippen LogP contribution in [0.4, 0.5) is 17.1 Å². The van der Waals surface area contributed by atoms with Crippen molar-refractivity contribution in [1.29, 1.82) is 0 Å². The standard InChI is InChI=1S/C18H14Cl3N7O4S/c1-8(29)25-13-4-9(3-12(21)17(13)30)26-27-18-14(23-2)7-24-28(18)15-5-11(20)16(6-10(15)19)33(22,31)32/h3-7,14,18,30H,1H3,(H,25,29)(H2,22,31,32). The van der Waals surface area contributed by atoms with E-state index in [1.165, 1.54) is 36.3 Å². The van der Waals surface area contributed by atoms with E-state index in [1.54, 1.807) is 0 Å². The van der Waals surface area contributed by atoms with Crippen molar-refractivity contribution in [2.75, 3.05) is 10.3 Å². The molecule has 0 aromatic heterocycles. The largest absolute Gasteiger partial charge is 0.504 e. The summed E-state index contributed by atoms with van der Waals surface area (Å²) in [4.78, 5) is 14.4. The molecule has 0 aliphatic carbocycles. The van der Waals surface area contributed by atoms with Crippen LogP contribution in [0, 0.1) is 6.57 Å². The van der Waals surface area contributed by atoms with E-state index in [0.29, 0.717) is 0 Å². The van der Waals surface area contributed by atoms with Gasteiger partial charge in [0.2, 0.25) is 22.1 Å². The number of nitrogens with zero attached hydrogens (tertiary/aromatic N) is 5. The van der Waals surface area contributed by atoms with Crippen LogP contribution in [0.2, 0.25) is 15.1 Å². The third-order valence-electron chi connectivity index (χ3n) is 4.25. The van der Waals surface area contributed by atoms with Gasteiger partial charge in [0.25, 0.3) is 0 Å². The van der Waals surface area contributed by atoms with Crippen molar-refractivity contribution in [1.82, 2.24) is 0 Å². The summed E-state index contributed by atoms with van der Waals surface area (Å²) in [6, 6.07) is 4.10. The molecule has 0 spiro atoms. The molecule has 1 aliphatic rings. The Labute approximate surface area is 203 Å². The van der Waals surface area contributed by atoms with Crippen molar-refractivity contribution >= 4 is 74.0 Å². The molecule has 2 aromatic carbocycles. The van der Waals surface area contributed by atoms with Crippen molar-refractivity contribution < 1.29 is 18.3 Å². The highest BCUT2D eigenvalue weighted by Crippen LogP contribution is 2.39. The van der Waals surface area contributed by atoms with E-state index in [-0.39, 0.29) is 42.8 Å². The van der Waals surface area contributed by atoms with E-state index >= 15 is 0 Å². The number of carbonyl (C=O) groups is 1. The minimum atomic E-state index is -4.12. The number of phenols is 1. The molecule has 15 heteroatoms. The lowest BCUT2D eigenvalue weighted by atomic mass is 10.2. The summed E-state index contributed by atoms with van der Waals surface area (Å²) in [5.74, 6) is -0.777. The number of carbonyl (C=O) groups excluding carboxylic acids is 1. The molecule has 11 nitrogen and oxygen atoms in total. The highest BCUT2D eigenvalue weighted by Gasteiger charge is 2.38. The van der Waals surface area contributed by atoms with Gasteiger partial charge < -0.3 is 15.3 Å². The minimum absolute atomic E-state index is 0.0265. The lowest BCUT2D eigenvalue weighted by Gasteiger charge is -2.21. The van der Waals surface area contributed by atoms with Crippen molar-refractivity contribution in [3.8, 4) is 5.75 Å². The molecule has 2 atom stereocenters. The Morgan fingerprint density at radius 2 is 1.94 bits per heavy atom. The van der Waals surface area contributed by atoms with Gasteiger partial charge in [-0.1, -0.05) is 34.8 Å². The Morgan fingerprint density at radius 3 is 2.55 bits per heavy atom. The number of hydrogen-bond donors (Lipinski definition) is 3. The fourth-order valence-electron chi connectivity index (χ4n) is 2.82. The molecular weight excluding hydrogens is 517 g/mol. The number of anilines is 2. The van der Waals surface area contributed by atoms with Gasteiger partial charge in [-0.15, -0.1) is 0 Å². The van der Waals surface area contributed by atoms with Gasteiger partial charge in [0.05, 0.1) is 32.1 Å². The van der Waals surface area contributed by atoms with Gasteiger partial charge in [-0.25, -0.2) is 25.1 Å². The van der Waals surface area contributed by atoms with Gasteiger partial charge in [0, 0.05) is 6.92 Å². The first-order valence-electron chi connectivity index (χ1n) is 8.85. The topological polar surface area (TPSA) is 154 Å². The first kappa shape index (κ1) is 24.7. The smallest absolute Gasteiger partial charge is 0.303 e. The van der Waals surface area contributed by atoms with Crippen LogP contribution in [0.25, 0.3) is 4.85 Å². The van der Waals surface area contributed by atoms with Crippen LogP contribution in [0.1, 0.15) is 6.92 Å². The Balaban J connectivity index is 2.00. The normalized spacial score (nSPS) is 18.0. The molecule has 33 heavy (non-hydrogen) atoms. The van der Waals surface area contributed by atoms with E-state index in [9.17, 15) is 18.3 Å². The summed E-state index contributed by atoms with van der Waals surface area (Å²) in [5.41, 5.74) is 0.368. The summed E-state index contributed by atoms with van der Waals surface area (Å²) in [7, 11) is -4.12. The highest BCUT2D eigenvalue weighted by atomic mass is 35.5. The van der Waals surface area contributed by atoms with E-state index in [1.807, 2.05) is 0 Å². The van der Waals surface area contributed by atoms with Gasteiger partial charge in [-0.05, 0) is 24.3 Å². The second kappa shape index (κ2) is 9.50. The maximum atomic E-state index is 11.7. The monoisotopic (exact) mass is 529 g/mol. The molecule has 1 heterocycles. The summed E-state index contributed by atoms with van der Waals surface area (Å²) in [6.07, 6.45) is 0.328. The van der Waals surface area contributed by atoms with E-state index in [0.717, 1.165) is 6.07 Å². The molecular formula is C18H14Cl3N7O4S. The average molecular weight is 531 g/mol. The third-order valence-corrected chi connectivity index (χ3v) is 6.22. The van der Waals surface area contributed by atoms with Crippen molar-refractivity contribution in [3.63, 3.8) is 0 Å². The quantitative estimate of drug-likeness (QED) is 0.301. The van der Waals surface area contributed by atoms with Crippen LogP contribution in [-0.2, 0) is 14.8 Å². The van der Waals surface area contributed by atoms with Crippen LogP contribution < -0.4 is 15.5 Å². The summed E-state index contributed by atoms with van der Waals surface area (Å²) in [5, 5.41) is 30.8. The van der Waals surface area contributed by atoms with Gasteiger partial charge in [0.1, 0.15) is 11.1 Å². The minimum Gasteiger partial charge on any atom is -0.504 e. The molecule has 0 saturated heterocycles. The first-order valence-corrected chi connectivity index (χ1v) is 11.5. The van der Waals surface area contributed by atoms with Crippen LogP contribution >= 0.6 is 34.8 Å². The van der Waals surface area contributed by atoms with E-state index < -0.39 is 28.1 Å². The van der Waals surface area contributed by atoms with Gasteiger partial charge in [-0.3, -0.25) is 4.79 Å². The first-order chi connectivity index (χ1) is 15.4. The predicted molar refractivity (Wildman–Crippen MR) is 125 cm³/mol. The lowest BCUT2D eigenvalue weighted by molar-refractivity contribution is -0.114. The number of amides is 1. The molecule has 0 radical (unpaired) electrons. The van der Waals surface area contributed by atoms with Crippen LogP contribution in [0.3, 0.4) is 0 Å². The Morgan fingerprint density at radius 1 is 1.24 bits per heavy atom. The molecule has 0 fully saturated rings. The summed E-state index contributed by atoms with van der Waals surface area (Å²) in [6.45, 7) is 8.66. The maximum absolute atomic E-state index is 11.7. The maximum Gasteiger partial charge on any atom is 0.303 e. The number of azo groups is 1. The Kier molecular flexibility index (Phi) is 7.11. The summed E-state index contributed by atoms with van der Waals surface area (Å²) < 4.78 is 23.3. The number of rotatable bonds is 5. The molecule has 2 unspecified atom stereocenters. The molecule has 1 aliphatic heterocycles. The molecule has 2 aromatic rings. The predicted octanol–water partition coefficient (Wildman–Crippen LogP) is 4.16. The molecule has 3 rings (SSSR count). The van der Waals surface area contributed by atoms with Crippen molar-refractivity contribution in [3.05, 3.63) is 50.8 Å². The number of aromatic hydroxyl groups is 1. The number of benzene rings is 2. The Hall–Kier alpha value is -2.95. The number of halogens is 3. The van der Waals surface area contributed by atoms with Crippen molar-refractivity contribution in [2.24, 2.45) is 20.5 Å². The molecule has 0 saturated carbocycles. The summed E-state index contributed by atoms with van der Waals surface area (Å²) >= 11 is 18.3. The highest BCUT2D eigenvalue weighted by molar-refractivity contribution is 7.89. The molecule has 0 bridgehead atoms. The zero-order chi connectivity index (χ0) is 24.5. The second-order valence-corrected chi connectivity index (χ2v) is 9.39. The zero-order valence-corrected chi connectivity index (χ0v) is 19.7. The molecule has 4 N–H and O–H groups in total. The number of hydrazone groups is 1. The third kappa shape index (κ3) is 5.35. The van der Waals surface area contributed by atoms with Crippen molar-refractivity contribution in [2.45, 2.75) is 24.0 Å². The van der Waals surface area contributed by atoms with Gasteiger partial charge >= 0.3 is 6.04 Å². The number of phenolic OH excluding ortho intramolecular Hbond substituents is 1. The molecule has 172 valence electrons. The van der Waals surface area contributed by atoms with Gasteiger partial charge in [0.15, 0.2) is 5.75 Å². The number of primary sulfonamides is 1. The number of sulfonamides is 1. The number of nitrogens with one attached hydrogen (secondary N) is 1. The zero-order valence-electron chi connectivity index (χ0n) is 16.6. The lowest BCUT2D eigenvalue weighted by Crippen LogP contribution is -2.32. The average Bonchev–Trinajstić information content (AvgIpc) is 3.12. The van der Waals surface area contributed by atoms with Crippen LogP contribution in [0.15, 0.2) is 44.5 Å². The van der Waals surface area contributed by atoms with E-state index in [2.05, 4.69) is 25.5 Å². The van der Waals surface area contributed by atoms with Crippen LogP contribution in [0.5, 0.6) is 5.75 Å². The van der Waals surface area contributed by atoms with Gasteiger partial charge in [-0.2, -0.15) is 15.3 Å². The second-order valence-electron chi connectivity index (χ2n) is 6.64. The van der Waals surface area contributed by atoms with Crippen LogP contribution in [-0.4, -0.2) is 37.9 Å². The fourth-order valence-corrected chi connectivity index (χ4v) is 4.44. The SMILES string of the molecule is [C-]#[N+]C1C=NN(c2cc(Cl)c(S(N)(=O)=O)cc2Cl)C1N=Nc1cc(Cl)c(O)c(NC(C)=O)c1.